The van der Waals surface area contributed by atoms with Crippen LogP contribution in [0.4, 0.5) is 0 Å². The van der Waals surface area contributed by atoms with Crippen molar-refractivity contribution >= 4 is 0 Å². The first-order chi connectivity index (χ1) is 6.61. The monoisotopic (exact) mass is 191 g/mol. The summed E-state index contributed by atoms with van der Waals surface area (Å²) in [5.74, 6) is -0.175. The van der Waals surface area contributed by atoms with Gasteiger partial charge in [-0.15, -0.1) is 0 Å². The SMILES string of the molecule is C=C(C)C(C[N+](=O)[O-])c1ccccc1. The van der Waals surface area contributed by atoms with Gasteiger partial charge in [-0.3, -0.25) is 10.1 Å². The fraction of sp³-hybridized carbons (Fsp3) is 0.273. The van der Waals surface area contributed by atoms with E-state index >= 15 is 0 Å². The Bertz CT molecular complexity index is 332. The molecular formula is C11H13NO2. The number of hydrogen-bond donors (Lipinski definition) is 0. The van der Waals surface area contributed by atoms with Crippen LogP contribution in [0, 0.1) is 10.1 Å². The van der Waals surface area contributed by atoms with E-state index in [1.165, 1.54) is 0 Å². The molecule has 0 spiro atoms. The zero-order valence-corrected chi connectivity index (χ0v) is 8.14. The van der Waals surface area contributed by atoms with Gasteiger partial charge < -0.3 is 0 Å². The molecule has 0 bridgehead atoms. The van der Waals surface area contributed by atoms with Crippen molar-refractivity contribution in [3.8, 4) is 0 Å². The molecular weight excluding hydrogens is 178 g/mol. The van der Waals surface area contributed by atoms with Crippen molar-refractivity contribution < 1.29 is 4.92 Å². The standard InChI is InChI=1S/C11H13NO2/c1-9(2)11(8-12(13)14)10-6-4-3-5-7-10/h3-7,11H,1,8H2,2H3. The number of hydrogen-bond acceptors (Lipinski definition) is 2. The minimum Gasteiger partial charge on any atom is -0.265 e. The van der Waals surface area contributed by atoms with Crippen LogP contribution < -0.4 is 0 Å². The third-order valence-corrected chi connectivity index (χ3v) is 2.13. The van der Waals surface area contributed by atoms with Gasteiger partial charge in [-0.1, -0.05) is 42.5 Å². The molecule has 0 saturated heterocycles. The molecule has 0 radical (unpaired) electrons. The maximum atomic E-state index is 10.5. The van der Waals surface area contributed by atoms with E-state index in [2.05, 4.69) is 6.58 Å². The normalized spacial score (nSPS) is 12.1. The molecule has 0 aliphatic carbocycles. The second-order valence-electron chi connectivity index (χ2n) is 3.32. The van der Waals surface area contributed by atoms with Gasteiger partial charge in [0.15, 0.2) is 0 Å². The van der Waals surface area contributed by atoms with Crippen LogP contribution in [0.2, 0.25) is 0 Å². The van der Waals surface area contributed by atoms with E-state index in [1.807, 2.05) is 37.3 Å². The minimum absolute atomic E-state index is 0.0840. The zero-order chi connectivity index (χ0) is 10.6. The lowest BCUT2D eigenvalue weighted by molar-refractivity contribution is -0.482. The molecule has 74 valence electrons. The van der Waals surface area contributed by atoms with E-state index in [4.69, 9.17) is 0 Å². The van der Waals surface area contributed by atoms with Crippen molar-refractivity contribution in [1.29, 1.82) is 0 Å². The Kier molecular flexibility index (Phi) is 3.40. The lowest BCUT2D eigenvalue weighted by Gasteiger charge is -2.12. The Hall–Kier alpha value is -1.64. The van der Waals surface area contributed by atoms with Crippen LogP contribution >= 0.6 is 0 Å². The molecule has 0 amide bonds. The van der Waals surface area contributed by atoms with Gasteiger partial charge in [0.2, 0.25) is 6.54 Å². The van der Waals surface area contributed by atoms with Crippen molar-refractivity contribution in [1.82, 2.24) is 0 Å². The highest BCUT2D eigenvalue weighted by Crippen LogP contribution is 2.22. The third kappa shape index (κ3) is 2.69. The summed E-state index contributed by atoms with van der Waals surface area (Å²) >= 11 is 0. The Morgan fingerprint density at radius 3 is 2.50 bits per heavy atom. The molecule has 0 aliphatic rings. The van der Waals surface area contributed by atoms with Gasteiger partial charge in [-0.05, 0) is 12.5 Å². The third-order valence-electron chi connectivity index (χ3n) is 2.13. The highest BCUT2D eigenvalue weighted by atomic mass is 16.6. The molecule has 14 heavy (non-hydrogen) atoms. The van der Waals surface area contributed by atoms with Crippen molar-refractivity contribution in [3.63, 3.8) is 0 Å². The van der Waals surface area contributed by atoms with Gasteiger partial charge in [-0.2, -0.15) is 0 Å². The summed E-state index contributed by atoms with van der Waals surface area (Å²) < 4.78 is 0. The smallest absolute Gasteiger partial charge is 0.214 e. The predicted octanol–water partition coefficient (Wildman–Crippen LogP) is 2.62. The molecule has 3 nitrogen and oxygen atoms in total. The van der Waals surface area contributed by atoms with Crippen molar-refractivity contribution in [2.75, 3.05) is 6.54 Å². The molecule has 0 fully saturated rings. The summed E-state index contributed by atoms with van der Waals surface area (Å²) in [5, 5.41) is 10.5. The maximum Gasteiger partial charge on any atom is 0.214 e. The number of benzene rings is 1. The van der Waals surface area contributed by atoms with Crippen LogP contribution in [0.3, 0.4) is 0 Å². The average molecular weight is 191 g/mol. The van der Waals surface area contributed by atoms with Crippen LogP contribution in [0.25, 0.3) is 0 Å². The molecule has 1 unspecified atom stereocenters. The molecule has 0 aliphatic heterocycles. The molecule has 0 saturated carbocycles. The van der Waals surface area contributed by atoms with Gasteiger partial charge in [-0.25, -0.2) is 0 Å². The Balaban J connectivity index is 2.89. The van der Waals surface area contributed by atoms with Crippen molar-refractivity contribution in [2.24, 2.45) is 0 Å². The van der Waals surface area contributed by atoms with Crippen LogP contribution in [0.15, 0.2) is 42.5 Å². The van der Waals surface area contributed by atoms with E-state index in [0.29, 0.717) is 0 Å². The lowest BCUT2D eigenvalue weighted by atomic mass is 9.93. The summed E-state index contributed by atoms with van der Waals surface area (Å²) in [6.45, 7) is 5.52. The Labute approximate surface area is 83.2 Å². The van der Waals surface area contributed by atoms with Crippen LogP contribution in [-0.4, -0.2) is 11.5 Å². The molecule has 1 aromatic rings. The lowest BCUT2D eigenvalue weighted by Crippen LogP contribution is -2.13. The first-order valence-corrected chi connectivity index (χ1v) is 4.43. The maximum absolute atomic E-state index is 10.5. The second-order valence-corrected chi connectivity index (χ2v) is 3.32. The molecule has 0 heterocycles. The quantitative estimate of drug-likeness (QED) is 0.417. The molecule has 0 N–H and O–H groups in total. The highest BCUT2D eigenvalue weighted by molar-refractivity contribution is 5.26. The summed E-state index contributed by atoms with van der Waals surface area (Å²) in [6, 6.07) is 9.44. The molecule has 1 aromatic carbocycles. The van der Waals surface area contributed by atoms with E-state index < -0.39 is 0 Å². The number of rotatable bonds is 4. The summed E-state index contributed by atoms with van der Waals surface area (Å²) in [7, 11) is 0. The van der Waals surface area contributed by atoms with Crippen molar-refractivity contribution in [3.05, 3.63) is 58.2 Å². The number of nitrogens with zero attached hydrogens (tertiary/aromatic N) is 1. The first-order valence-electron chi connectivity index (χ1n) is 4.43. The van der Waals surface area contributed by atoms with Crippen LogP contribution in [0.5, 0.6) is 0 Å². The van der Waals surface area contributed by atoms with E-state index in [0.717, 1.165) is 11.1 Å². The van der Waals surface area contributed by atoms with Crippen LogP contribution in [0.1, 0.15) is 18.4 Å². The summed E-state index contributed by atoms with van der Waals surface area (Å²) in [5.41, 5.74) is 1.78. The van der Waals surface area contributed by atoms with Gasteiger partial charge in [0.25, 0.3) is 0 Å². The van der Waals surface area contributed by atoms with E-state index in [9.17, 15) is 10.1 Å². The fourth-order valence-electron chi connectivity index (χ4n) is 1.38. The minimum atomic E-state index is -0.299. The predicted molar refractivity (Wildman–Crippen MR) is 55.9 cm³/mol. The van der Waals surface area contributed by atoms with Gasteiger partial charge in [0, 0.05) is 4.92 Å². The topological polar surface area (TPSA) is 43.1 Å². The highest BCUT2D eigenvalue weighted by Gasteiger charge is 2.17. The molecule has 0 aromatic heterocycles. The molecule has 1 atom stereocenters. The Morgan fingerprint density at radius 2 is 2.07 bits per heavy atom. The summed E-state index contributed by atoms with van der Waals surface area (Å²) in [4.78, 5) is 10.2. The fourth-order valence-corrected chi connectivity index (χ4v) is 1.38. The van der Waals surface area contributed by atoms with Crippen LogP contribution in [-0.2, 0) is 0 Å². The average Bonchev–Trinajstić information content (AvgIpc) is 2.15. The molecule has 3 heteroatoms. The van der Waals surface area contributed by atoms with Gasteiger partial charge >= 0.3 is 0 Å². The van der Waals surface area contributed by atoms with Crippen molar-refractivity contribution in [2.45, 2.75) is 12.8 Å². The first kappa shape index (κ1) is 10.4. The zero-order valence-electron chi connectivity index (χ0n) is 8.14. The largest absolute Gasteiger partial charge is 0.265 e. The van der Waals surface area contributed by atoms with E-state index in [-0.39, 0.29) is 17.4 Å². The van der Waals surface area contributed by atoms with Gasteiger partial charge in [0.1, 0.15) is 0 Å². The Morgan fingerprint density at radius 1 is 1.50 bits per heavy atom. The second kappa shape index (κ2) is 4.56. The van der Waals surface area contributed by atoms with E-state index in [1.54, 1.807) is 0 Å². The number of nitro groups is 1. The summed E-state index contributed by atoms with van der Waals surface area (Å²) in [6.07, 6.45) is 0. The van der Waals surface area contributed by atoms with Gasteiger partial charge in [0.05, 0.1) is 5.92 Å². The molecule has 1 rings (SSSR count).